The van der Waals surface area contributed by atoms with Crippen LogP contribution in [0, 0.1) is 0 Å². The minimum Gasteiger partial charge on any atom is -0.387 e. The molecule has 0 radical (unpaired) electrons. The predicted octanol–water partition coefficient (Wildman–Crippen LogP) is 15.8. The molecule has 0 aromatic heterocycles. The number of nitrogens with one attached hydrogen (secondary N) is 1. The number of likely N-dealkylation sites (N-methyl/N-ethyl adjacent to an activating group) is 1. The van der Waals surface area contributed by atoms with E-state index in [4.69, 9.17) is 9.05 Å². The van der Waals surface area contributed by atoms with Gasteiger partial charge in [0.05, 0.1) is 39.9 Å². The summed E-state index contributed by atoms with van der Waals surface area (Å²) in [4.78, 5) is 23.2. The van der Waals surface area contributed by atoms with Crippen molar-refractivity contribution in [1.82, 2.24) is 5.32 Å². The largest absolute Gasteiger partial charge is 0.472 e. The van der Waals surface area contributed by atoms with Gasteiger partial charge in [-0.15, -0.1) is 0 Å². The second-order valence-electron chi connectivity index (χ2n) is 19.6. The third-order valence-corrected chi connectivity index (χ3v) is 13.1. The minimum absolute atomic E-state index is 0.0557. The van der Waals surface area contributed by atoms with Gasteiger partial charge >= 0.3 is 7.82 Å². The Morgan fingerprint density at radius 1 is 0.524 bits per heavy atom. The van der Waals surface area contributed by atoms with Crippen molar-refractivity contribution in [2.75, 3.05) is 40.9 Å². The SMILES string of the molecule is CCCCCCCCCCCCCC/C=C\CCCCCCCCCC(=O)NC(COP(=O)(O)OCC[N+](C)(C)C)C(O)/C=C/CC/C=C/CCCCCCCCCCCCCC. The Kier molecular flexibility index (Phi) is 44.9. The van der Waals surface area contributed by atoms with Gasteiger partial charge in [-0.25, -0.2) is 4.57 Å². The van der Waals surface area contributed by atoms with Crippen molar-refractivity contribution in [3.63, 3.8) is 0 Å². The highest BCUT2D eigenvalue weighted by Crippen LogP contribution is 2.43. The average molecular weight is 910 g/mol. The molecule has 0 spiro atoms. The number of carbonyl (C=O) groups excluding carboxylic acids is 1. The molecule has 0 aliphatic heterocycles. The summed E-state index contributed by atoms with van der Waals surface area (Å²) < 4.78 is 23.6. The van der Waals surface area contributed by atoms with Crippen LogP contribution < -0.4 is 5.32 Å². The molecule has 8 nitrogen and oxygen atoms in total. The second-order valence-corrected chi connectivity index (χ2v) is 21.0. The highest BCUT2D eigenvalue weighted by molar-refractivity contribution is 7.47. The Bertz CT molecular complexity index is 1120. The lowest BCUT2D eigenvalue weighted by Gasteiger charge is -2.25. The Morgan fingerprint density at radius 3 is 1.27 bits per heavy atom. The van der Waals surface area contributed by atoms with Gasteiger partial charge in [0.25, 0.3) is 0 Å². The Labute approximate surface area is 391 Å². The van der Waals surface area contributed by atoms with E-state index in [9.17, 15) is 19.4 Å². The number of quaternary nitrogens is 1. The number of phosphoric ester groups is 1. The number of rotatable bonds is 49. The maximum absolute atomic E-state index is 12.9. The van der Waals surface area contributed by atoms with Crippen LogP contribution in [0.1, 0.15) is 251 Å². The van der Waals surface area contributed by atoms with Crippen LogP contribution >= 0.6 is 7.82 Å². The number of amides is 1. The average Bonchev–Trinajstić information content (AvgIpc) is 3.24. The van der Waals surface area contributed by atoms with Gasteiger partial charge in [-0.05, 0) is 57.8 Å². The van der Waals surface area contributed by atoms with Crippen LogP contribution in [0.2, 0.25) is 0 Å². The molecule has 0 aromatic carbocycles. The Balaban J connectivity index is 4.30. The summed E-state index contributed by atoms with van der Waals surface area (Å²) >= 11 is 0. The van der Waals surface area contributed by atoms with Crippen molar-refractivity contribution in [3.8, 4) is 0 Å². The zero-order valence-corrected chi connectivity index (χ0v) is 43.2. The number of aliphatic hydroxyl groups is 1. The van der Waals surface area contributed by atoms with Crippen molar-refractivity contribution in [1.29, 1.82) is 0 Å². The van der Waals surface area contributed by atoms with E-state index in [0.717, 1.165) is 38.5 Å². The summed E-state index contributed by atoms with van der Waals surface area (Å²) in [6, 6.07) is -0.865. The number of nitrogens with zero attached hydrogens (tertiary/aromatic N) is 1. The first kappa shape index (κ1) is 61.7. The quantitative estimate of drug-likeness (QED) is 0.0243. The summed E-state index contributed by atoms with van der Waals surface area (Å²) in [6.45, 7) is 4.82. The van der Waals surface area contributed by atoms with E-state index in [2.05, 4.69) is 43.5 Å². The van der Waals surface area contributed by atoms with E-state index in [1.165, 1.54) is 193 Å². The highest BCUT2D eigenvalue weighted by atomic mass is 31.2. The fraction of sp³-hybridized carbons (Fsp3) is 0.870. The molecular formula is C54H106N2O6P+. The maximum atomic E-state index is 12.9. The molecule has 0 saturated carbocycles. The smallest absolute Gasteiger partial charge is 0.387 e. The van der Waals surface area contributed by atoms with E-state index in [1.807, 2.05) is 27.2 Å². The minimum atomic E-state index is -4.35. The highest BCUT2D eigenvalue weighted by Gasteiger charge is 2.27. The van der Waals surface area contributed by atoms with Crippen molar-refractivity contribution in [2.45, 2.75) is 264 Å². The molecule has 0 aliphatic rings. The first-order chi connectivity index (χ1) is 30.5. The van der Waals surface area contributed by atoms with Crippen LogP contribution in [-0.2, 0) is 18.4 Å². The van der Waals surface area contributed by atoms with Crippen molar-refractivity contribution >= 4 is 13.7 Å². The molecule has 0 rings (SSSR count). The van der Waals surface area contributed by atoms with Crippen molar-refractivity contribution < 1.29 is 32.9 Å². The van der Waals surface area contributed by atoms with Gasteiger partial charge in [-0.3, -0.25) is 13.8 Å². The summed E-state index contributed by atoms with van der Waals surface area (Å²) in [5.41, 5.74) is 0. The molecule has 1 amide bonds. The zero-order valence-electron chi connectivity index (χ0n) is 42.3. The third-order valence-electron chi connectivity index (χ3n) is 12.1. The lowest BCUT2D eigenvalue weighted by atomic mass is 10.0. The molecule has 0 bridgehead atoms. The van der Waals surface area contributed by atoms with Gasteiger partial charge in [-0.1, -0.05) is 224 Å². The fourth-order valence-electron chi connectivity index (χ4n) is 7.82. The van der Waals surface area contributed by atoms with Crippen LogP contribution in [0.25, 0.3) is 0 Å². The zero-order chi connectivity index (χ0) is 46.4. The van der Waals surface area contributed by atoms with E-state index in [0.29, 0.717) is 17.4 Å². The lowest BCUT2D eigenvalue weighted by Crippen LogP contribution is -2.45. The van der Waals surface area contributed by atoms with E-state index in [-0.39, 0.29) is 19.1 Å². The molecule has 0 aliphatic carbocycles. The van der Waals surface area contributed by atoms with E-state index < -0.39 is 20.0 Å². The van der Waals surface area contributed by atoms with Crippen LogP contribution in [0.4, 0.5) is 0 Å². The summed E-state index contributed by atoms with van der Waals surface area (Å²) in [7, 11) is 1.56. The van der Waals surface area contributed by atoms with Gasteiger partial charge in [0.1, 0.15) is 13.2 Å². The molecule has 9 heteroatoms. The molecule has 0 heterocycles. The van der Waals surface area contributed by atoms with Gasteiger partial charge < -0.3 is 19.8 Å². The maximum Gasteiger partial charge on any atom is 0.472 e. The summed E-state index contributed by atoms with van der Waals surface area (Å²) in [5, 5.41) is 13.9. The van der Waals surface area contributed by atoms with Crippen LogP contribution in [-0.4, -0.2) is 73.4 Å². The van der Waals surface area contributed by atoms with Gasteiger partial charge in [0, 0.05) is 6.42 Å². The Morgan fingerprint density at radius 2 is 0.873 bits per heavy atom. The predicted molar refractivity (Wildman–Crippen MR) is 272 cm³/mol. The molecule has 0 fully saturated rings. The van der Waals surface area contributed by atoms with Gasteiger partial charge in [-0.2, -0.15) is 0 Å². The molecular weight excluding hydrogens is 804 g/mol. The number of aliphatic hydroxyl groups excluding tert-OH is 1. The van der Waals surface area contributed by atoms with Gasteiger partial charge in [0.15, 0.2) is 0 Å². The monoisotopic (exact) mass is 910 g/mol. The number of hydrogen-bond acceptors (Lipinski definition) is 5. The Hall–Kier alpha value is -1.28. The number of carbonyl (C=O) groups is 1. The van der Waals surface area contributed by atoms with E-state index in [1.54, 1.807) is 6.08 Å². The van der Waals surface area contributed by atoms with Crippen LogP contribution in [0.5, 0.6) is 0 Å². The van der Waals surface area contributed by atoms with Crippen molar-refractivity contribution in [2.24, 2.45) is 0 Å². The number of allylic oxidation sites excluding steroid dienone is 5. The van der Waals surface area contributed by atoms with Gasteiger partial charge in [0.2, 0.25) is 5.91 Å². The summed E-state index contributed by atoms with van der Waals surface area (Å²) in [6.07, 6.45) is 58.1. The van der Waals surface area contributed by atoms with Crippen LogP contribution in [0.3, 0.4) is 0 Å². The second kappa shape index (κ2) is 45.9. The topological polar surface area (TPSA) is 105 Å². The summed E-state index contributed by atoms with van der Waals surface area (Å²) in [5.74, 6) is -0.189. The molecule has 372 valence electrons. The van der Waals surface area contributed by atoms with E-state index >= 15 is 0 Å². The normalized spacial score (nSPS) is 14.3. The molecule has 3 N–H and O–H groups in total. The fourth-order valence-corrected chi connectivity index (χ4v) is 8.55. The molecule has 0 saturated heterocycles. The third kappa shape index (κ3) is 48.5. The van der Waals surface area contributed by atoms with Crippen molar-refractivity contribution in [3.05, 3.63) is 36.5 Å². The number of unbranched alkanes of at least 4 members (excludes halogenated alkanes) is 32. The lowest BCUT2D eigenvalue weighted by molar-refractivity contribution is -0.870. The molecule has 3 atom stereocenters. The number of phosphoric acid groups is 1. The first-order valence-corrected chi connectivity index (χ1v) is 28.4. The molecule has 3 unspecified atom stereocenters. The molecule has 0 aromatic rings. The molecule has 63 heavy (non-hydrogen) atoms. The first-order valence-electron chi connectivity index (χ1n) is 26.9. The standard InChI is InChI=1S/C54H105N2O6P/c1-6-8-10-12-14-16-18-20-22-24-26-27-28-29-30-32-34-36-38-40-42-44-46-48-54(58)55-52(51-62-63(59,60)61-50-49-56(3,4)5)53(57)47-45-43-41-39-37-35-33-31-25-23-21-19-17-15-13-11-9-7-2/h29-30,37,39,45,47,52-53,57H,6-28,31-36,38,40-44,46,48-51H2,1-5H3,(H-,55,58,59,60)/p+1/b30-29-,39-37+,47-45+. The number of hydrogen-bond donors (Lipinski definition) is 3. The van der Waals surface area contributed by atoms with Crippen LogP contribution in [0.15, 0.2) is 36.5 Å².